The first-order chi connectivity index (χ1) is 10.8. The lowest BCUT2D eigenvalue weighted by molar-refractivity contribution is 0.0950. The molecule has 1 saturated carbocycles. The van der Waals surface area contributed by atoms with Crippen LogP contribution in [0.3, 0.4) is 0 Å². The fourth-order valence-electron chi connectivity index (χ4n) is 2.15. The van der Waals surface area contributed by atoms with E-state index in [1.54, 1.807) is 0 Å². The molecule has 0 saturated heterocycles. The summed E-state index contributed by atoms with van der Waals surface area (Å²) in [5, 5.41) is 2.79. The zero-order valence-electron chi connectivity index (χ0n) is 14.0. The van der Waals surface area contributed by atoms with Crippen LogP contribution < -0.4 is 15.8 Å². The third-order valence-corrected chi connectivity index (χ3v) is 5.27. The van der Waals surface area contributed by atoms with Gasteiger partial charge >= 0.3 is 0 Å². The van der Waals surface area contributed by atoms with Crippen molar-refractivity contribution >= 4 is 28.3 Å². The van der Waals surface area contributed by atoms with E-state index in [4.69, 9.17) is 5.73 Å². The van der Waals surface area contributed by atoms with Gasteiger partial charge in [0, 0.05) is 24.7 Å². The van der Waals surface area contributed by atoms with E-state index in [1.165, 1.54) is 24.3 Å². The summed E-state index contributed by atoms with van der Waals surface area (Å²) in [6, 6.07) is 5.92. The number of nitrogens with two attached hydrogens (primary N) is 1. The Morgan fingerprint density at radius 1 is 1.21 bits per heavy atom. The van der Waals surface area contributed by atoms with E-state index < -0.39 is 10.0 Å². The van der Waals surface area contributed by atoms with Crippen molar-refractivity contribution in [3.8, 4) is 0 Å². The standard InChI is InChI=1S/C16H25N3O3S.ClH/c1-11(2)9-19-23(21,22)14-7-5-13(6-8-14)16(20)18-10-15(17)12-3-4-12;/h5-8,11-12,15,19H,3-4,9-10,17H2,1-2H3,(H,18,20);1H. The summed E-state index contributed by atoms with van der Waals surface area (Å²) in [5.74, 6) is 0.514. The number of carbonyl (C=O) groups excluding carboxylic acids is 1. The van der Waals surface area contributed by atoms with Gasteiger partial charge in [0.15, 0.2) is 0 Å². The second-order valence-electron chi connectivity index (χ2n) is 6.48. The van der Waals surface area contributed by atoms with Crippen LogP contribution in [0.2, 0.25) is 0 Å². The number of nitrogens with one attached hydrogen (secondary N) is 2. The molecule has 1 amide bonds. The van der Waals surface area contributed by atoms with Crippen molar-refractivity contribution < 1.29 is 13.2 Å². The maximum Gasteiger partial charge on any atom is 0.251 e. The van der Waals surface area contributed by atoms with Crippen molar-refractivity contribution in [2.24, 2.45) is 17.6 Å². The lowest BCUT2D eigenvalue weighted by Crippen LogP contribution is -2.38. The van der Waals surface area contributed by atoms with Gasteiger partial charge in [-0.15, -0.1) is 12.4 Å². The second kappa shape index (κ2) is 8.80. The van der Waals surface area contributed by atoms with Crippen LogP contribution in [0.15, 0.2) is 29.2 Å². The molecule has 1 aliphatic carbocycles. The molecular formula is C16H26ClN3O3S. The summed E-state index contributed by atoms with van der Waals surface area (Å²) in [4.78, 5) is 12.2. The Kier molecular flexibility index (Phi) is 7.66. The SMILES string of the molecule is CC(C)CNS(=O)(=O)c1ccc(C(=O)NCC(N)C2CC2)cc1.Cl. The Hall–Kier alpha value is -1.15. The Balaban J connectivity index is 0.00000288. The average molecular weight is 376 g/mol. The first-order valence-electron chi connectivity index (χ1n) is 7.93. The molecule has 1 aliphatic rings. The maximum absolute atomic E-state index is 12.1. The van der Waals surface area contributed by atoms with Gasteiger partial charge in [-0.3, -0.25) is 4.79 Å². The van der Waals surface area contributed by atoms with Gasteiger partial charge in [0.05, 0.1) is 4.90 Å². The highest BCUT2D eigenvalue weighted by atomic mass is 35.5. The summed E-state index contributed by atoms with van der Waals surface area (Å²) in [6.07, 6.45) is 2.26. The minimum Gasteiger partial charge on any atom is -0.350 e. The monoisotopic (exact) mass is 375 g/mol. The van der Waals surface area contributed by atoms with Gasteiger partial charge in [0.1, 0.15) is 0 Å². The molecule has 2 rings (SSSR count). The summed E-state index contributed by atoms with van der Waals surface area (Å²) in [5.41, 5.74) is 6.37. The van der Waals surface area contributed by atoms with Crippen LogP contribution in [0.1, 0.15) is 37.0 Å². The maximum atomic E-state index is 12.1. The molecule has 6 nitrogen and oxygen atoms in total. The number of rotatable bonds is 8. The predicted molar refractivity (Wildman–Crippen MR) is 96.7 cm³/mol. The number of carbonyl (C=O) groups is 1. The van der Waals surface area contributed by atoms with E-state index in [1.807, 2.05) is 13.8 Å². The normalized spacial score (nSPS) is 15.7. The van der Waals surface area contributed by atoms with Gasteiger partial charge in [-0.1, -0.05) is 13.8 Å². The van der Waals surface area contributed by atoms with Crippen molar-refractivity contribution in [1.82, 2.24) is 10.0 Å². The van der Waals surface area contributed by atoms with Gasteiger partial charge in [-0.25, -0.2) is 13.1 Å². The van der Waals surface area contributed by atoms with Crippen LogP contribution in [0.4, 0.5) is 0 Å². The van der Waals surface area contributed by atoms with Crippen molar-refractivity contribution in [3.63, 3.8) is 0 Å². The Bertz CT molecular complexity index is 643. The molecule has 1 unspecified atom stereocenters. The summed E-state index contributed by atoms with van der Waals surface area (Å²) >= 11 is 0. The number of benzene rings is 1. The molecule has 1 fully saturated rings. The van der Waals surface area contributed by atoms with Gasteiger partial charge in [0.2, 0.25) is 10.0 Å². The number of hydrogen-bond donors (Lipinski definition) is 3. The van der Waals surface area contributed by atoms with E-state index in [0.717, 1.165) is 12.8 Å². The smallest absolute Gasteiger partial charge is 0.251 e. The number of sulfonamides is 1. The lowest BCUT2D eigenvalue weighted by Gasteiger charge is -2.12. The predicted octanol–water partition coefficient (Wildman–Crippen LogP) is 1.51. The average Bonchev–Trinajstić information content (AvgIpc) is 3.35. The van der Waals surface area contributed by atoms with E-state index in [2.05, 4.69) is 10.0 Å². The zero-order valence-corrected chi connectivity index (χ0v) is 15.6. The largest absolute Gasteiger partial charge is 0.350 e. The summed E-state index contributed by atoms with van der Waals surface area (Å²) in [7, 11) is -3.53. The molecule has 0 spiro atoms. The molecule has 1 atom stereocenters. The summed E-state index contributed by atoms with van der Waals surface area (Å²) < 4.78 is 26.7. The molecular weight excluding hydrogens is 350 g/mol. The van der Waals surface area contributed by atoms with Crippen molar-refractivity contribution in [1.29, 1.82) is 0 Å². The van der Waals surface area contributed by atoms with Crippen LogP contribution >= 0.6 is 12.4 Å². The van der Waals surface area contributed by atoms with Gasteiger partial charge < -0.3 is 11.1 Å². The third-order valence-electron chi connectivity index (χ3n) is 3.83. The third kappa shape index (κ3) is 6.05. The van der Waals surface area contributed by atoms with E-state index in [0.29, 0.717) is 24.6 Å². The van der Waals surface area contributed by atoms with Crippen molar-refractivity contribution in [2.45, 2.75) is 37.6 Å². The van der Waals surface area contributed by atoms with E-state index >= 15 is 0 Å². The van der Waals surface area contributed by atoms with E-state index in [-0.39, 0.29) is 35.2 Å². The molecule has 0 radical (unpaired) electrons. The fraction of sp³-hybridized carbons (Fsp3) is 0.562. The van der Waals surface area contributed by atoms with E-state index in [9.17, 15) is 13.2 Å². The van der Waals surface area contributed by atoms with Crippen LogP contribution in [-0.2, 0) is 10.0 Å². The number of halogens is 1. The fourth-order valence-corrected chi connectivity index (χ4v) is 3.36. The minimum absolute atomic E-state index is 0. The number of amides is 1. The highest BCUT2D eigenvalue weighted by Crippen LogP contribution is 2.31. The van der Waals surface area contributed by atoms with Crippen LogP contribution in [0.5, 0.6) is 0 Å². The molecule has 1 aromatic rings. The van der Waals surface area contributed by atoms with Crippen molar-refractivity contribution in [3.05, 3.63) is 29.8 Å². The molecule has 1 aromatic carbocycles. The minimum atomic E-state index is -3.53. The summed E-state index contributed by atoms with van der Waals surface area (Å²) in [6.45, 7) is 4.69. The topological polar surface area (TPSA) is 101 Å². The molecule has 4 N–H and O–H groups in total. The molecule has 0 aliphatic heterocycles. The van der Waals surface area contributed by atoms with Crippen molar-refractivity contribution in [2.75, 3.05) is 13.1 Å². The molecule has 24 heavy (non-hydrogen) atoms. The van der Waals surface area contributed by atoms with Gasteiger partial charge in [-0.05, 0) is 48.9 Å². The lowest BCUT2D eigenvalue weighted by atomic mass is 10.2. The quantitative estimate of drug-likeness (QED) is 0.641. The molecule has 0 heterocycles. The first kappa shape index (κ1) is 20.9. The zero-order chi connectivity index (χ0) is 17.0. The van der Waals surface area contributed by atoms with Crippen LogP contribution in [-0.4, -0.2) is 33.5 Å². The Labute approximate surface area is 150 Å². The van der Waals surface area contributed by atoms with Crippen LogP contribution in [0, 0.1) is 11.8 Å². The van der Waals surface area contributed by atoms with Gasteiger partial charge in [0.25, 0.3) is 5.91 Å². The highest BCUT2D eigenvalue weighted by Gasteiger charge is 2.28. The molecule has 0 bridgehead atoms. The number of hydrogen-bond acceptors (Lipinski definition) is 4. The Morgan fingerprint density at radius 2 is 1.79 bits per heavy atom. The van der Waals surface area contributed by atoms with Crippen LogP contribution in [0.25, 0.3) is 0 Å². The highest BCUT2D eigenvalue weighted by molar-refractivity contribution is 7.89. The van der Waals surface area contributed by atoms with Gasteiger partial charge in [-0.2, -0.15) is 0 Å². The molecule has 8 heteroatoms. The molecule has 0 aromatic heterocycles. The second-order valence-corrected chi connectivity index (χ2v) is 8.25. The first-order valence-corrected chi connectivity index (χ1v) is 9.41. The Morgan fingerprint density at radius 3 is 2.29 bits per heavy atom. The molecule has 136 valence electrons.